The van der Waals surface area contributed by atoms with Crippen molar-refractivity contribution >= 4 is 11.9 Å². The molecule has 8 nitrogen and oxygen atoms in total. The summed E-state index contributed by atoms with van der Waals surface area (Å²) in [6, 6.07) is 4.41. The van der Waals surface area contributed by atoms with E-state index in [1.165, 1.54) is 0 Å². The Bertz CT molecular complexity index is 997. The van der Waals surface area contributed by atoms with Gasteiger partial charge in [0, 0.05) is 11.1 Å². The molecule has 0 fully saturated rings. The van der Waals surface area contributed by atoms with Crippen LogP contribution in [0.25, 0.3) is 11.1 Å². The summed E-state index contributed by atoms with van der Waals surface area (Å²) < 4.78 is 81.0. The molecule has 2 aromatic rings. The number of esters is 2. The molecule has 0 radical (unpaired) electrons. The second kappa shape index (κ2) is 6.40. The molecule has 2 aromatic carbocycles. The molecular formula is C18H10F4O8. The summed E-state index contributed by atoms with van der Waals surface area (Å²) in [6.07, 6.45) is -8.10. The third kappa shape index (κ3) is 3.00. The van der Waals surface area contributed by atoms with Gasteiger partial charge in [0.1, 0.15) is 11.1 Å². The number of ether oxygens (including phenoxy) is 6. The third-order valence-corrected chi connectivity index (χ3v) is 4.21. The number of carbonyl (C=O) groups excluding carboxylic acids is 2. The van der Waals surface area contributed by atoms with Crippen molar-refractivity contribution in [1.29, 1.82) is 0 Å². The van der Waals surface area contributed by atoms with E-state index in [2.05, 4.69) is 28.4 Å². The van der Waals surface area contributed by atoms with Crippen LogP contribution in [0.4, 0.5) is 17.6 Å². The van der Waals surface area contributed by atoms with Gasteiger partial charge >= 0.3 is 24.5 Å². The standard InChI is InChI=1S/C18H10F4O8/c1-25-15(23)11-7(3-5-9-13(11)29-17(19,20)27-9)8-4-6-10-14(12(8)16(24)26-2)30-18(21,22)28-10/h3-6H,1-2H3. The van der Waals surface area contributed by atoms with E-state index in [9.17, 15) is 27.2 Å². The highest BCUT2D eigenvalue weighted by molar-refractivity contribution is 6.07. The molecule has 2 heterocycles. The predicted octanol–water partition coefficient (Wildman–Crippen LogP) is 3.57. The summed E-state index contributed by atoms with van der Waals surface area (Å²) in [5, 5.41) is 0. The quantitative estimate of drug-likeness (QED) is 0.540. The number of hydrogen-bond donors (Lipinski definition) is 0. The van der Waals surface area contributed by atoms with Crippen LogP contribution in [0.5, 0.6) is 23.0 Å². The lowest BCUT2D eigenvalue weighted by molar-refractivity contribution is -0.287. The fourth-order valence-electron chi connectivity index (χ4n) is 3.08. The van der Waals surface area contributed by atoms with Crippen LogP contribution in [0, 0.1) is 0 Å². The minimum absolute atomic E-state index is 0.163. The van der Waals surface area contributed by atoms with Crippen molar-refractivity contribution < 1.29 is 55.6 Å². The molecule has 2 aliphatic rings. The van der Waals surface area contributed by atoms with E-state index in [0.717, 1.165) is 38.5 Å². The largest absolute Gasteiger partial charge is 0.586 e. The Morgan fingerprint density at radius 2 is 1.07 bits per heavy atom. The van der Waals surface area contributed by atoms with Gasteiger partial charge in [-0.05, 0) is 24.3 Å². The van der Waals surface area contributed by atoms with Crippen LogP contribution in [-0.4, -0.2) is 38.7 Å². The first-order valence-electron chi connectivity index (χ1n) is 8.09. The Kier molecular flexibility index (Phi) is 4.19. The molecule has 0 bridgehead atoms. The lowest BCUT2D eigenvalue weighted by atomic mass is 9.93. The SMILES string of the molecule is COC(=O)c1c(-c2ccc3c(c2C(=O)OC)OC(F)(F)O3)ccc2c1OC(F)(F)O2. The van der Waals surface area contributed by atoms with E-state index in [1.807, 2.05) is 0 Å². The van der Waals surface area contributed by atoms with E-state index < -0.39 is 58.7 Å². The van der Waals surface area contributed by atoms with Crippen molar-refractivity contribution in [2.45, 2.75) is 12.6 Å². The number of halogens is 4. The number of rotatable bonds is 3. The lowest BCUT2D eigenvalue weighted by Crippen LogP contribution is -2.26. The molecule has 0 saturated carbocycles. The van der Waals surface area contributed by atoms with Crippen LogP contribution in [0.2, 0.25) is 0 Å². The fraction of sp³-hybridized carbons (Fsp3) is 0.222. The Morgan fingerprint density at radius 3 is 1.40 bits per heavy atom. The molecule has 12 heteroatoms. The first-order chi connectivity index (χ1) is 14.1. The van der Waals surface area contributed by atoms with Crippen LogP contribution in [0.3, 0.4) is 0 Å². The van der Waals surface area contributed by atoms with Crippen LogP contribution in [-0.2, 0) is 9.47 Å². The average Bonchev–Trinajstić information content (AvgIpc) is 3.17. The van der Waals surface area contributed by atoms with Gasteiger partial charge in [-0.1, -0.05) is 0 Å². The van der Waals surface area contributed by atoms with E-state index in [-0.39, 0.29) is 11.1 Å². The highest BCUT2D eigenvalue weighted by atomic mass is 19.3. The summed E-state index contributed by atoms with van der Waals surface area (Å²) >= 11 is 0. The van der Waals surface area contributed by atoms with Gasteiger partial charge in [0.05, 0.1) is 14.2 Å². The summed E-state index contributed by atoms with van der Waals surface area (Å²) in [7, 11) is 1.97. The predicted molar refractivity (Wildman–Crippen MR) is 87.0 cm³/mol. The normalized spacial score (nSPS) is 16.9. The first-order valence-corrected chi connectivity index (χ1v) is 8.09. The maximum atomic E-state index is 13.6. The number of hydrogen-bond acceptors (Lipinski definition) is 8. The zero-order valence-electron chi connectivity index (χ0n) is 15.1. The van der Waals surface area contributed by atoms with E-state index >= 15 is 0 Å². The average molecular weight is 430 g/mol. The van der Waals surface area contributed by atoms with Crippen molar-refractivity contribution in [3.05, 3.63) is 35.4 Å². The fourth-order valence-corrected chi connectivity index (χ4v) is 3.08. The van der Waals surface area contributed by atoms with Crippen molar-refractivity contribution in [3.63, 3.8) is 0 Å². The number of fused-ring (bicyclic) bond motifs is 2. The smallest absolute Gasteiger partial charge is 0.465 e. The zero-order chi connectivity index (χ0) is 21.8. The molecule has 0 amide bonds. The highest BCUT2D eigenvalue weighted by Gasteiger charge is 2.48. The van der Waals surface area contributed by atoms with Gasteiger partial charge in [0.25, 0.3) is 0 Å². The number of carbonyl (C=O) groups is 2. The molecule has 0 N–H and O–H groups in total. The van der Waals surface area contributed by atoms with E-state index in [4.69, 9.17) is 0 Å². The molecule has 0 aromatic heterocycles. The molecule has 0 saturated heterocycles. The Morgan fingerprint density at radius 1 is 0.700 bits per heavy atom. The molecule has 0 unspecified atom stereocenters. The van der Waals surface area contributed by atoms with Crippen molar-refractivity contribution in [2.24, 2.45) is 0 Å². The topological polar surface area (TPSA) is 89.5 Å². The highest BCUT2D eigenvalue weighted by Crippen LogP contribution is 2.51. The van der Waals surface area contributed by atoms with Crippen molar-refractivity contribution in [1.82, 2.24) is 0 Å². The van der Waals surface area contributed by atoms with Crippen molar-refractivity contribution in [2.75, 3.05) is 14.2 Å². The monoisotopic (exact) mass is 430 g/mol. The van der Waals surface area contributed by atoms with Gasteiger partial charge in [-0.25, -0.2) is 9.59 Å². The molecule has 0 aliphatic carbocycles. The summed E-state index contributed by atoms with van der Waals surface area (Å²) in [6.45, 7) is 0. The molecule has 2 aliphatic heterocycles. The third-order valence-electron chi connectivity index (χ3n) is 4.21. The molecule has 158 valence electrons. The van der Waals surface area contributed by atoms with Gasteiger partial charge in [0.15, 0.2) is 23.0 Å². The van der Waals surface area contributed by atoms with Crippen LogP contribution in [0.15, 0.2) is 24.3 Å². The van der Waals surface area contributed by atoms with Crippen molar-refractivity contribution in [3.8, 4) is 34.1 Å². The number of methoxy groups -OCH3 is 2. The Labute approximate surface area is 164 Å². The first kappa shape index (κ1) is 19.6. The molecule has 0 spiro atoms. The van der Waals surface area contributed by atoms with Crippen LogP contribution in [0.1, 0.15) is 20.7 Å². The van der Waals surface area contributed by atoms with Gasteiger partial charge in [-0.15, -0.1) is 17.6 Å². The second-order valence-corrected chi connectivity index (χ2v) is 5.95. The van der Waals surface area contributed by atoms with Gasteiger partial charge in [-0.3, -0.25) is 0 Å². The van der Waals surface area contributed by atoms with E-state index in [1.54, 1.807) is 0 Å². The summed E-state index contributed by atoms with van der Waals surface area (Å²) in [5.41, 5.74) is -1.38. The van der Waals surface area contributed by atoms with Gasteiger partial charge < -0.3 is 28.4 Å². The Hall–Kier alpha value is -3.70. The van der Waals surface area contributed by atoms with Crippen LogP contribution < -0.4 is 18.9 Å². The minimum atomic E-state index is -4.05. The second-order valence-electron chi connectivity index (χ2n) is 5.95. The zero-order valence-corrected chi connectivity index (χ0v) is 15.1. The molecule has 4 rings (SSSR count). The van der Waals surface area contributed by atoms with Crippen LogP contribution >= 0.6 is 0 Å². The summed E-state index contributed by atoms with van der Waals surface area (Å²) in [5.74, 6) is -4.44. The maximum Gasteiger partial charge on any atom is 0.586 e. The Balaban J connectivity index is 1.99. The van der Waals surface area contributed by atoms with Gasteiger partial charge in [-0.2, -0.15) is 0 Å². The molecule has 0 atom stereocenters. The molecule has 30 heavy (non-hydrogen) atoms. The van der Waals surface area contributed by atoms with Gasteiger partial charge in [0.2, 0.25) is 0 Å². The lowest BCUT2D eigenvalue weighted by Gasteiger charge is -2.15. The van der Waals surface area contributed by atoms with E-state index in [0.29, 0.717) is 0 Å². The maximum absolute atomic E-state index is 13.6. The number of alkyl halides is 4. The number of benzene rings is 2. The summed E-state index contributed by atoms with van der Waals surface area (Å²) in [4.78, 5) is 24.7. The molecular weight excluding hydrogens is 420 g/mol. The minimum Gasteiger partial charge on any atom is -0.465 e.